The van der Waals surface area contributed by atoms with Crippen molar-refractivity contribution in [2.45, 2.75) is 20.8 Å². The van der Waals surface area contributed by atoms with Crippen LogP contribution in [0.1, 0.15) is 36.7 Å². The molecule has 2 aromatic rings. The summed E-state index contributed by atoms with van der Waals surface area (Å²) < 4.78 is 12.0. The Labute approximate surface area is 189 Å². The molecular formula is C23H23BrN2O5. The summed E-state index contributed by atoms with van der Waals surface area (Å²) in [6, 6.07) is 9.75. The number of rotatable bonds is 7. The Hall–Kier alpha value is -3.13. The lowest BCUT2D eigenvalue weighted by molar-refractivity contribution is -0.114. The molecule has 1 heterocycles. The van der Waals surface area contributed by atoms with Crippen molar-refractivity contribution < 1.29 is 24.2 Å². The number of carbonyl (C=O) groups excluding carboxylic acids is 1. The Kier molecular flexibility index (Phi) is 6.80. The van der Waals surface area contributed by atoms with Gasteiger partial charge in [0.05, 0.1) is 40.7 Å². The number of halogens is 1. The van der Waals surface area contributed by atoms with Crippen LogP contribution in [0.3, 0.4) is 0 Å². The largest absolute Gasteiger partial charge is 0.493 e. The van der Waals surface area contributed by atoms with Crippen molar-refractivity contribution >= 4 is 45.3 Å². The van der Waals surface area contributed by atoms with E-state index in [1.54, 1.807) is 38.3 Å². The average Bonchev–Trinajstić information content (AvgIpc) is 3.00. The monoisotopic (exact) mass is 486 g/mol. The molecule has 0 radical (unpaired) electrons. The molecule has 0 atom stereocenters. The molecule has 1 aliphatic rings. The first-order valence-electron chi connectivity index (χ1n) is 9.66. The molecule has 1 amide bonds. The first kappa shape index (κ1) is 22.6. The Bertz CT molecular complexity index is 1090. The van der Waals surface area contributed by atoms with Gasteiger partial charge in [0.2, 0.25) is 0 Å². The van der Waals surface area contributed by atoms with Crippen LogP contribution in [-0.2, 0) is 4.79 Å². The van der Waals surface area contributed by atoms with E-state index in [0.717, 1.165) is 5.56 Å². The van der Waals surface area contributed by atoms with Gasteiger partial charge in [-0.05, 0) is 70.7 Å². The molecule has 0 bridgehead atoms. The highest BCUT2D eigenvalue weighted by molar-refractivity contribution is 9.10. The summed E-state index contributed by atoms with van der Waals surface area (Å²) in [7, 11) is 1.56. The molecule has 0 spiro atoms. The average molecular weight is 487 g/mol. The summed E-state index contributed by atoms with van der Waals surface area (Å²) in [5.41, 5.74) is 2.15. The van der Waals surface area contributed by atoms with Crippen LogP contribution in [0.4, 0.5) is 5.69 Å². The number of nitrogens with zero attached hydrogens (tertiary/aromatic N) is 2. The third-order valence-electron chi connectivity index (χ3n) is 4.52. The zero-order valence-corrected chi connectivity index (χ0v) is 19.3. The number of hydrazone groups is 1. The van der Waals surface area contributed by atoms with Crippen LogP contribution in [0.15, 0.2) is 51.5 Å². The molecule has 2 aromatic carbocycles. The van der Waals surface area contributed by atoms with Gasteiger partial charge in [-0.25, -0.2) is 4.79 Å². The Morgan fingerprint density at radius 1 is 1.29 bits per heavy atom. The lowest BCUT2D eigenvalue weighted by Gasteiger charge is -2.15. The smallest absolute Gasteiger partial charge is 0.335 e. The number of carboxylic acid groups (broad SMARTS) is 1. The van der Waals surface area contributed by atoms with Crippen molar-refractivity contribution in [2.75, 3.05) is 18.7 Å². The number of benzene rings is 2. The molecule has 0 fully saturated rings. The molecule has 0 aliphatic carbocycles. The molecule has 3 rings (SSSR count). The van der Waals surface area contributed by atoms with E-state index in [0.29, 0.717) is 45.5 Å². The number of ether oxygens (including phenoxy) is 2. The van der Waals surface area contributed by atoms with Gasteiger partial charge in [-0.15, -0.1) is 0 Å². The van der Waals surface area contributed by atoms with Gasteiger partial charge in [0.25, 0.3) is 5.91 Å². The van der Waals surface area contributed by atoms with Crippen LogP contribution in [0.25, 0.3) is 6.08 Å². The number of aromatic carboxylic acids is 1. The van der Waals surface area contributed by atoms with Crippen LogP contribution in [0.5, 0.6) is 11.5 Å². The second-order valence-electron chi connectivity index (χ2n) is 7.45. The van der Waals surface area contributed by atoms with E-state index < -0.39 is 5.97 Å². The molecule has 162 valence electrons. The highest BCUT2D eigenvalue weighted by atomic mass is 79.9. The van der Waals surface area contributed by atoms with E-state index >= 15 is 0 Å². The van der Waals surface area contributed by atoms with E-state index in [1.807, 2.05) is 6.07 Å². The van der Waals surface area contributed by atoms with Crippen molar-refractivity contribution in [2.24, 2.45) is 11.0 Å². The minimum Gasteiger partial charge on any atom is -0.493 e. The topological polar surface area (TPSA) is 88.4 Å². The second-order valence-corrected chi connectivity index (χ2v) is 8.31. The van der Waals surface area contributed by atoms with Gasteiger partial charge in [-0.2, -0.15) is 10.1 Å². The maximum atomic E-state index is 13.0. The lowest BCUT2D eigenvalue weighted by Crippen LogP contribution is -2.21. The van der Waals surface area contributed by atoms with Gasteiger partial charge in [-0.3, -0.25) is 4.79 Å². The standard InChI is InChI=1S/C23H23BrN2O5/c1-13(2)12-31-21-19(24)9-15(10-20(21)30-4)8-18-14(3)25-26(22(18)27)17-7-5-6-16(11-17)23(28)29/h5-11,13H,12H2,1-4H3,(H,28,29)/b18-8-. The number of hydrogen-bond donors (Lipinski definition) is 1. The summed E-state index contributed by atoms with van der Waals surface area (Å²) >= 11 is 3.52. The van der Waals surface area contributed by atoms with Gasteiger partial charge < -0.3 is 14.6 Å². The molecule has 0 saturated carbocycles. The number of carboxylic acids is 1. The fraction of sp³-hybridized carbons (Fsp3) is 0.261. The molecule has 7 nitrogen and oxygen atoms in total. The van der Waals surface area contributed by atoms with Crippen molar-refractivity contribution in [3.63, 3.8) is 0 Å². The van der Waals surface area contributed by atoms with Crippen LogP contribution in [0.2, 0.25) is 0 Å². The summed E-state index contributed by atoms with van der Waals surface area (Å²) in [4.78, 5) is 24.3. The summed E-state index contributed by atoms with van der Waals surface area (Å²) in [5.74, 6) is 0.109. The minimum atomic E-state index is -1.07. The first-order chi connectivity index (χ1) is 14.7. The Morgan fingerprint density at radius 2 is 2.03 bits per heavy atom. The van der Waals surface area contributed by atoms with Crippen LogP contribution >= 0.6 is 15.9 Å². The zero-order chi connectivity index (χ0) is 22.7. The number of amides is 1. The third-order valence-corrected chi connectivity index (χ3v) is 5.11. The molecular weight excluding hydrogens is 464 g/mol. The molecule has 0 saturated heterocycles. The first-order valence-corrected chi connectivity index (χ1v) is 10.5. The van der Waals surface area contributed by atoms with E-state index in [1.165, 1.54) is 17.1 Å². The fourth-order valence-electron chi connectivity index (χ4n) is 3.01. The van der Waals surface area contributed by atoms with Crippen molar-refractivity contribution in [1.82, 2.24) is 0 Å². The van der Waals surface area contributed by atoms with Crippen molar-refractivity contribution in [3.8, 4) is 11.5 Å². The van der Waals surface area contributed by atoms with Crippen LogP contribution in [0, 0.1) is 5.92 Å². The SMILES string of the molecule is COc1cc(/C=C2\C(=O)N(c3cccc(C(=O)O)c3)N=C2C)cc(Br)c1OCC(C)C. The number of hydrogen-bond acceptors (Lipinski definition) is 5. The van der Waals surface area contributed by atoms with Gasteiger partial charge >= 0.3 is 5.97 Å². The predicted molar refractivity (Wildman–Crippen MR) is 123 cm³/mol. The van der Waals surface area contributed by atoms with Crippen molar-refractivity contribution in [1.29, 1.82) is 0 Å². The maximum absolute atomic E-state index is 13.0. The summed E-state index contributed by atoms with van der Waals surface area (Å²) in [6.45, 7) is 6.40. The van der Waals surface area contributed by atoms with Crippen LogP contribution < -0.4 is 14.5 Å². The van der Waals surface area contributed by atoms with Crippen LogP contribution in [-0.4, -0.2) is 36.4 Å². The van der Waals surface area contributed by atoms with Gasteiger partial charge in [0.15, 0.2) is 11.5 Å². The molecule has 8 heteroatoms. The van der Waals surface area contributed by atoms with Crippen molar-refractivity contribution in [3.05, 3.63) is 57.6 Å². The minimum absolute atomic E-state index is 0.0845. The van der Waals surface area contributed by atoms with E-state index in [2.05, 4.69) is 34.9 Å². The summed E-state index contributed by atoms with van der Waals surface area (Å²) in [6.07, 6.45) is 1.72. The molecule has 0 unspecified atom stereocenters. The normalized spacial score (nSPS) is 14.9. The van der Waals surface area contributed by atoms with E-state index in [4.69, 9.17) is 9.47 Å². The lowest BCUT2D eigenvalue weighted by atomic mass is 10.1. The third kappa shape index (κ3) is 4.96. The highest BCUT2D eigenvalue weighted by Gasteiger charge is 2.29. The van der Waals surface area contributed by atoms with Gasteiger partial charge in [0, 0.05) is 0 Å². The molecule has 0 aromatic heterocycles. The number of methoxy groups -OCH3 is 1. The number of carbonyl (C=O) groups is 2. The maximum Gasteiger partial charge on any atom is 0.335 e. The highest BCUT2D eigenvalue weighted by Crippen LogP contribution is 2.38. The molecule has 31 heavy (non-hydrogen) atoms. The van der Waals surface area contributed by atoms with E-state index in [-0.39, 0.29) is 11.5 Å². The summed E-state index contributed by atoms with van der Waals surface area (Å²) in [5, 5.41) is 14.7. The molecule has 1 aliphatic heterocycles. The van der Waals surface area contributed by atoms with Gasteiger partial charge in [0.1, 0.15) is 0 Å². The van der Waals surface area contributed by atoms with E-state index in [9.17, 15) is 14.7 Å². The quantitative estimate of drug-likeness (QED) is 0.556. The van der Waals surface area contributed by atoms with Gasteiger partial charge in [-0.1, -0.05) is 19.9 Å². The number of anilines is 1. The Morgan fingerprint density at radius 3 is 2.68 bits per heavy atom. The predicted octanol–water partition coefficient (Wildman–Crippen LogP) is 5.00. The Balaban J connectivity index is 1.93. The zero-order valence-electron chi connectivity index (χ0n) is 17.7. The second kappa shape index (κ2) is 9.34. The molecule has 1 N–H and O–H groups in total. The fourth-order valence-corrected chi connectivity index (χ4v) is 3.58.